The van der Waals surface area contributed by atoms with Crippen molar-refractivity contribution in [1.29, 1.82) is 5.26 Å². The Balaban J connectivity index is 1.72. The highest BCUT2D eigenvalue weighted by Crippen LogP contribution is 2.44. The van der Waals surface area contributed by atoms with Crippen molar-refractivity contribution >= 4 is 0 Å². The molecule has 0 amide bonds. The van der Waals surface area contributed by atoms with E-state index in [1.807, 2.05) is 0 Å². The van der Waals surface area contributed by atoms with E-state index in [1.54, 1.807) is 0 Å². The first-order valence-electron chi connectivity index (χ1n) is 5.39. The average Bonchev–Trinajstić information content (AvgIpc) is 2.81. The summed E-state index contributed by atoms with van der Waals surface area (Å²) in [5, 5.41) is 12.4. The van der Waals surface area contributed by atoms with Crippen molar-refractivity contribution in [3.8, 4) is 6.07 Å². The zero-order valence-electron chi connectivity index (χ0n) is 8.34. The van der Waals surface area contributed by atoms with E-state index in [4.69, 9.17) is 5.26 Å². The van der Waals surface area contributed by atoms with Crippen molar-refractivity contribution in [2.45, 2.75) is 45.1 Å². The second-order valence-electron chi connectivity index (χ2n) is 4.89. The minimum absolute atomic E-state index is 0.0336. The molecule has 0 aromatic rings. The minimum atomic E-state index is 0.0336. The van der Waals surface area contributed by atoms with Crippen LogP contribution in [0.15, 0.2) is 0 Å². The summed E-state index contributed by atoms with van der Waals surface area (Å²) in [6.07, 6.45) is 6.19. The summed E-state index contributed by atoms with van der Waals surface area (Å²) in [5.41, 5.74) is 0.0336. The number of nitriles is 1. The summed E-state index contributed by atoms with van der Waals surface area (Å²) >= 11 is 0. The van der Waals surface area contributed by atoms with Crippen LogP contribution in [-0.2, 0) is 0 Å². The van der Waals surface area contributed by atoms with Crippen molar-refractivity contribution < 1.29 is 0 Å². The molecule has 0 saturated heterocycles. The lowest BCUT2D eigenvalue weighted by atomic mass is 10.1. The van der Waals surface area contributed by atoms with Gasteiger partial charge >= 0.3 is 0 Å². The molecule has 2 rings (SSSR count). The number of nitrogens with one attached hydrogen (secondary N) is 1. The SMILES string of the molecule is CC1CCC(NCC2(C#N)CC2)C1. The van der Waals surface area contributed by atoms with Gasteiger partial charge in [-0.3, -0.25) is 0 Å². The van der Waals surface area contributed by atoms with Gasteiger partial charge in [-0.05, 0) is 38.0 Å². The minimum Gasteiger partial charge on any atom is -0.312 e. The van der Waals surface area contributed by atoms with Gasteiger partial charge in [0.25, 0.3) is 0 Å². The van der Waals surface area contributed by atoms with Crippen molar-refractivity contribution in [2.24, 2.45) is 11.3 Å². The van der Waals surface area contributed by atoms with Gasteiger partial charge in [0.2, 0.25) is 0 Å². The molecule has 2 nitrogen and oxygen atoms in total. The molecule has 0 aromatic carbocycles. The molecule has 0 spiro atoms. The molecule has 13 heavy (non-hydrogen) atoms. The number of rotatable bonds is 3. The summed E-state index contributed by atoms with van der Waals surface area (Å²) < 4.78 is 0. The van der Waals surface area contributed by atoms with Crippen LogP contribution in [0.4, 0.5) is 0 Å². The molecule has 2 aliphatic carbocycles. The van der Waals surface area contributed by atoms with Gasteiger partial charge in [-0.2, -0.15) is 5.26 Å². The van der Waals surface area contributed by atoms with E-state index in [-0.39, 0.29) is 5.41 Å². The molecular formula is C11H18N2. The van der Waals surface area contributed by atoms with E-state index < -0.39 is 0 Å². The Kier molecular flexibility index (Phi) is 2.29. The summed E-state index contributed by atoms with van der Waals surface area (Å²) in [5.74, 6) is 0.884. The van der Waals surface area contributed by atoms with Gasteiger partial charge in [-0.1, -0.05) is 6.92 Å². The molecule has 0 heterocycles. The standard InChI is InChI=1S/C11H18N2/c1-9-2-3-10(6-9)13-8-11(7-12)4-5-11/h9-10,13H,2-6,8H2,1H3. The van der Waals surface area contributed by atoms with Crippen LogP contribution in [0.2, 0.25) is 0 Å². The highest BCUT2D eigenvalue weighted by Gasteiger charge is 2.43. The first-order chi connectivity index (χ1) is 6.24. The maximum absolute atomic E-state index is 8.89. The summed E-state index contributed by atoms with van der Waals surface area (Å²) in [6, 6.07) is 3.12. The molecule has 0 aromatic heterocycles. The molecule has 2 aliphatic rings. The van der Waals surface area contributed by atoms with Gasteiger partial charge in [0.1, 0.15) is 0 Å². The quantitative estimate of drug-likeness (QED) is 0.718. The van der Waals surface area contributed by atoms with Gasteiger partial charge in [0.15, 0.2) is 0 Å². The van der Waals surface area contributed by atoms with Crippen LogP contribution in [0, 0.1) is 22.7 Å². The largest absolute Gasteiger partial charge is 0.312 e. The normalized spacial score (nSPS) is 35.7. The molecule has 2 saturated carbocycles. The fourth-order valence-electron chi connectivity index (χ4n) is 2.21. The predicted octanol–water partition coefficient (Wildman–Crippen LogP) is 2.07. The number of hydrogen-bond donors (Lipinski definition) is 1. The van der Waals surface area contributed by atoms with Gasteiger partial charge in [0.05, 0.1) is 11.5 Å². The Labute approximate surface area is 80.3 Å². The van der Waals surface area contributed by atoms with E-state index in [0.717, 1.165) is 25.3 Å². The second kappa shape index (κ2) is 3.31. The fourth-order valence-corrected chi connectivity index (χ4v) is 2.21. The molecule has 2 fully saturated rings. The van der Waals surface area contributed by atoms with Crippen molar-refractivity contribution in [1.82, 2.24) is 5.32 Å². The topological polar surface area (TPSA) is 35.8 Å². The fraction of sp³-hybridized carbons (Fsp3) is 0.909. The predicted molar refractivity (Wildman–Crippen MR) is 52.1 cm³/mol. The summed E-state index contributed by atoms with van der Waals surface area (Å²) in [4.78, 5) is 0. The zero-order valence-corrected chi connectivity index (χ0v) is 8.34. The summed E-state index contributed by atoms with van der Waals surface area (Å²) in [7, 11) is 0. The third kappa shape index (κ3) is 2.03. The van der Waals surface area contributed by atoms with Crippen LogP contribution in [0.25, 0.3) is 0 Å². The smallest absolute Gasteiger partial charge is 0.0703 e. The van der Waals surface area contributed by atoms with Crippen molar-refractivity contribution in [2.75, 3.05) is 6.54 Å². The Morgan fingerprint density at radius 2 is 2.23 bits per heavy atom. The highest BCUT2D eigenvalue weighted by molar-refractivity contribution is 5.11. The van der Waals surface area contributed by atoms with E-state index in [9.17, 15) is 0 Å². The Bertz CT molecular complexity index is 225. The lowest BCUT2D eigenvalue weighted by molar-refractivity contribution is 0.458. The maximum atomic E-state index is 8.89. The molecule has 2 atom stereocenters. The Morgan fingerprint density at radius 1 is 1.46 bits per heavy atom. The highest BCUT2D eigenvalue weighted by atomic mass is 14.9. The van der Waals surface area contributed by atoms with Crippen LogP contribution in [-0.4, -0.2) is 12.6 Å². The molecule has 0 bridgehead atoms. The number of nitrogens with zero attached hydrogens (tertiary/aromatic N) is 1. The molecule has 0 aliphatic heterocycles. The van der Waals surface area contributed by atoms with Crippen molar-refractivity contribution in [3.05, 3.63) is 0 Å². The van der Waals surface area contributed by atoms with E-state index >= 15 is 0 Å². The van der Waals surface area contributed by atoms with E-state index in [1.165, 1.54) is 19.3 Å². The van der Waals surface area contributed by atoms with Gasteiger partial charge < -0.3 is 5.32 Å². The molecule has 0 radical (unpaired) electrons. The van der Waals surface area contributed by atoms with Crippen LogP contribution >= 0.6 is 0 Å². The van der Waals surface area contributed by atoms with Crippen LogP contribution in [0.3, 0.4) is 0 Å². The second-order valence-corrected chi connectivity index (χ2v) is 4.89. The van der Waals surface area contributed by atoms with Crippen LogP contribution in [0.1, 0.15) is 39.0 Å². The first-order valence-corrected chi connectivity index (χ1v) is 5.39. The summed E-state index contributed by atoms with van der Waals surface area (Å²) in [6.45, 7) is 3.25. The molecule has 2 heteroatoms. The third-order valence-electron chi connectivity index (χ3n) is 3.51. The first kappa shape index (κ1) is 9.02. The van der Waals surface area contributed by atoms with E-state index in [0.29, 0.717) is 6.04 Å². The van der Waals surface area contributed by atoms with Gasteiger partial charge in [-0.25, -0.2) is 0 Å². The van der Waals surface area contributed by atoms with Gasteiger partial charge in [0, 0.05) is 12.6 Å². The zero-order chi connectivity index (χ0) is 9.31. The van der Waals surface area contributed by atoms with Gasteiger partial charge in [-0.15, -0.1) is 0 Å². The molecule has 2 unspecified atom stereocenters. The lowest BCUT2D eigenvalue weighted by Crippen LogP contribution is -2.31. The molecule has 72 valence electrons. The third-order valence-corrected chi connectivity index (χ3v) is 3.51. The Hall–Kier alpha value is -0.550. The number of hydrogen-bond acceptors (Lipinski definition) is 2. The monoisotopic (exact) mass is 178 g/mol. The Morgan fingerprint density at radius 3 is 2.69 bits per heavy atom. The average molecular weight is 178 g/mol. The maximum Gasteiger partial charge on any atom is 0.0703 e. The van der Waals surface area contributed by atoms with Crippen LogP contribution < -0.4 is 5.32 Å². The molecule has 1 N–H and O–H groups in total. The van der Waals surface area contributed by atoms with Crippen LogP contribution in [0.5, 0.6) is 0 Å². The molecular weight excluding hydrogens is 160 g/mol. The lowest BCUT2D eigenvalue weighted by Gasteiger charge is -2.14. The van der Waals surface area contributed by atoms with Crippen molar-refractivity contribution in [3.63, 3.8) is 0 Å². The van der Waals surface area contributed by atoms with E-state index in [2.05, 4.69) is 18.3 Å².